The Morgan fingerprint density at radius 3 is 2.44 bits per heavy atom. The van der Waals surface area contributed by atoms with Gasteiger partial charge in [-0.2, -0.15) is 0 Å². The molecule has 2 aromatic rings. The van der Waals surface area contributed by atoms with E-state index in [0.29, 0.717) is 29.8 Å². The van der Waals surface area contributed by atoms with Crippen molar-refractivity contribution in [3.8, 4) is 5.75 Å². The number of nitrogens with one attached hydrogen (secondary N) is 1. The summed E-state index contributed by atoms with van der Waals surface area (Å²) in [5.41, 5.74) is -0.230. The molecule has 12 nitrogen and oxygen atoms in total. The average molecular weight is 783 g/mol. The predicted molar refractivity (Wildman–Crippen MR) is 198 cm³/mol. The van der Waals surface area contributed by atoms with E-state index in [0.717, 1.165) is 0 Å². The lowest BCUT2D eigenvalue weighted by atomic mass is 9.70. The number of anilines is 1. The van der Waals surface area contributed by atoms with Crippen molar-refractivity contribution < 1.29 is 43.2 Å². The van der Waals surface area contributed by atoms with Gasteiger partial charge in [-0.15, -0.1) is 13.2 Å². The number of carbonyl (C=O) groups excluding carboxylic acids is 4. The fraction of sp³-hybridized carbons (Fsp3) is 0.487. The maximum absolute atomic E-state index is 14.9. The van der Waals surface area contributed by atoms with Gasteiger partial charge in [-0.05, 0) is 49.1 Å². The highest BCUT2D eigenvalue weighted by Gasteiger charge is 2.77. The highest BCUT2D eigenvalue weighted by atomic mass is 79.9. The number of hydrogen-bond donors (Lipinski definition) is 2. The first-order valence-corrected chi connectivity index (χ1v) is 18.5. The number of ether oxygens (including phenoxy) is 4. The molecule has 1 unspecified atom stereocenters. The molecule has 3 amide bonds. The van der Waals surface area contributed by atoms with Crippen LogP contribution in [0.5, 0.6) is 5.75 Å². The number of fused-ring (bicyclic) bond motifs is 1. The molecule has 0 radical (unpaired) electrons. The van der Waals surface area contributed by atoms with Crippen LogP contribution in [0.15, 0.2) is 79.9 Å². The van der Waals surface area contributed by atoms with E-state index < -0.39 is 77.0 Å². The van der Waals surface area contributed by atoms with Crippen LogP contribution in [0.25, 0.3) is 0 Å². The van der Waals surface area contributed by atoms with Crippen molar-refractivity contribution in [2.45, 2.75) is 73.4 Å². The quantitative estimate of drug-likeness (QED) is 0.130. The summed E-state index contributed by atoms with van der Waals surface area (Å²) >= 11 is 3.72. The Bertz CT molecular complexity index is 1600. The second-order valence-electron chi connectivity index (χ2n) is 13.3. The fourth-order valence-corrected chi connectivity index (χ4v) is 8.85. The molecule has 52 heavy (non-hydrogen) atoms. The molecule has 3 heterocycles. The molecule has 2 bridgehead atoms. The molecule has 0 aromatic heterocycles. The standard InChI is InChI=1S/C39H48BrN3O9/c1-6-9-15-30(45)41-29(23-49-4)33(24-13-11-10-12-14-24)51-38(48)31-32-36(46)43(25(8-3)22-44)35(39(32)21-28(40)34(31)52-39)37(47)42(20-7-2)26-16-18-27(50-5)19-17-26/h6-7,10-14,16-19,25,28-29,31-35,44H,1-2,8-9,15,20-23H2,3-5H3,(H,41,45)/t25-,28?,29-,31-,32+,33-,34-,35-,39+/m0/s1. The number of rotatable bonds is 18. The van der Waals surface area contributed by atoms with E-state index in [1.54, 1.807) is 67.8 Å². The van der Waals surface area contributed by atoms with Crippen LogP contribution in [-0.4, -0.2) is 102 Å². The summed E-state index contributed by atoms with van der Waals surface area (Å²) < 4.78 is 23.8. The van der Waals surface area contributed by atoms with Crippen LogP contribution in [0.3, 0.4) is 0 Å². The molecule has 0 saturated carbocycles. The molecule has 13 heteroatoms. The number of likely N-dealkylation sites (tertiary alicyclic amines) is 1. The van der Waals surface area contributed by atoms with E-state index in [9.17, 15) is 24.3 Å². The Morgan fingerprint density at radius 1 is 1.13 bits per heavy atom. The van der Waals surface area contributed by atoms with Crippen molar-refractivity contribution in [1.82, 2.24) is 10.2 Å². The molecular formula is C39H48BrN3O9. The molecule has 1 spiro atoms. The number of allylic oxidation sites excluding steroid dienone is 1. The maximum atomic E-state index is 14.9. The summed E-state index contributed by atoms with van der Waals surface area (Å²) in [5.74, 6) is -3.41. The van der Waals surface area contributed by atoms with Gasteiger partial charge in [-0.25, -0.2) is 0 Å². The maximum Gasteiger partial charge on any atom is 0.313 e. The van der Waals surface area contributed by atoms with E-state index in [-0.39, 0.29) is 31.9 Å². The molecule has 3 aliphatic heterocycles. The first-order chi connectivity index (χ1) is 25.1. The highest BCUT2D eigenvalue weighted by Crippen LogP contribution is 2.61. The number of carbonyl (C=O) groups is 4. The zero-order valence-corrected chi connectivity index (χ0v) is 31.4. The topological polar surface area (TPSA) is 144 Å². The van der Waals surface area contributed by atoms with Gasteiger partial charge < -0.3 is 39.2 Å². The van der Waals surface area contributed by atoms with Crippen LogP contribution in [0.4, 0.5) is 5.69 Å². The van der Waals surface area contributed by atoms with Gasteiger partial charge in [-0.3, -0.25) is 19.2 Å². The molecule has 3 fully saturated rings. The van der Waals surface area contributed by atoms with Crippen LogP contribution in [-0.2, 0) is 33.4 Å². The largest absolute Gasteiger partial charge is 0.497 e. The second-order valence-corrected chi connectivity index (χ2v) is 14.5. The molecule has 3 aliphatic rings. The number of halogens is 1. The third-order valence-electron chi connectivity index (χ3n) is 10.3. The van der Waals surface area contributed by atoms with Gasteiger partial charge in [0.15, 0.2) is 0 Å². The summed E-state index contributed by atoms with van der Waals surface area (Å²) in [6.45, 7) is 9.15. The van der Waals surface area contributed by atoms with Gasteiger partial charge in [0.25, 0.3) is 5.91 Å². The Hall–Kier alpha value is -4.04. The van der Waals surface area contributed by atoms with Gasteiger partial charge in [0.2, 0.25) is 11.8 Å². The van der Waals surface area contributed by atoms with Crippen LogP contribution >= 0.6 is 15.9 Å². The van der Waals surface area contributed by atoms with E-state index >= 15 is 0 Å². The lowest BCUT2D eigenvalue weighted by Crippen LogP contribution is -2.59. The van der Waals surface area contributed by atoms with Crippen molar-refractivity contribution >= 4 is 45.3 Å². The van der Waals surface area contributed by atoms with Crippen molar-refractivity contribution in [2.75, 3.05) is 38.9 Å². The summed E-state index contributed by atoms with van der Waals surface area (Å²) in [6, 6.07) is 13.3. The van der Waals surface area contributed by atoms with E-state index in [4.69, 9.17) is 18.9 Å². The zero-order chi connectivity index (χ0) is 37.6. The minimum atomic E-state index is -1.40. The molecule has 3 saturated heterocycles. The lowest BCUT2D eigenvalue weighted by molar-refractivity contribution is -0.163. The summed E-state index contributed by atoms with van der Waals surface area (Å²) in [7, 11) is 3.04. The van der Waals surface area contributed by atoms with E-state index in [1.807, 2.05) is 13.0 Å². The molecule has 2 N–H and O–H groups in total. The summed E-state index contributed by atoms with van der Waals surface area (Å²) in [5, 5.41) is 13.5. The monoisotopic (exact) mass is 781 g/mol. The first kappa shape index (κ1) is 39.2. The smallest absolute Gasteiger partial charge is 0.313 e. The third kappa shape index (κ3) is 7.41. The zero-order valence-electron chi connectivity index (χ0n) is 29.8. The Morgan fingerprint density at radius 2 is 1.85 bits per heavy atom. The number of hydrogen-bond acceptors (Lipinski definition) is 9. The molecule has 280 valence electrons. The third-order valence-corrected chi connectivity index (χ3v) is 11.1. The van der Waals surface area contributed by atoms with E-state index in [2.05, 4.69) is 34.4 Å². The van der Waals surface area contributed by atoms with Crippen molar-refractivity contribution in [2.24, 2.45) is 11.8 Å². The van der Waals surface area contributed by atoms with Gasteiger partial charge in [0, 0.05) is 30.6 Å². The SMILES string of the molecule is C=CCCC(=O)N[C@@H](COC)[C@@H](OC(=O)[C@@H]1[C@H]2O[C@@]3(CC2Br)[C@H](C(=O)N(CC=C)c2ccc(OC)cc2)N([C@@H](CC)CO)C(=O)[C@@H]13)c1ccccc1. The molecule has 9 atom stereocenters. The Kier molecular flexibility index (Phi) is 13.0. The second kappa shape index (κ2) is 17.2. The first-order valence-electron chi connectivity index (χ1n) is 17.6. The average Bonchev–Trinajstić information content (AvgIpc) is 3.75. The molecule has 0 aliphatic carbocycles. The van der Waals surface area contributed by atoms with Gasteiger partial charge in [0.1, 0.15) is 23.5 Å². The van der Waals surface area contributed by atoms with E-state index in [1.165, 1.54) is 16.9 Å². The normalized spacial score (nSPS) is 26.2. The predicted octanol–water partition coefficient (Wildman–Crippen LogP) is 4.12. The number of methoxy groups -OCH3 is 2. The number of aliphatic hydroxyl groups is 1. The number of amides is 3. The molecule has 2 aromatic carbocycles. The highest BCUT2D eigenvalue weighted by molar-refractivity contribution is 9.09. The number of aliphatic hydroxyl groups excluding tert-OH is 1. The van der Waals surface area contributed by atoms with Crippen LogP contribution in [0.2, 0.25) is 0 Å². The van der Waals surface area contributed by atoms with Gasteiger partial charge in [-0.1, -0.05) is 65.3 Å². The number of alkyl halides is 1. The minimum Gasteiger partial charge on any atom is -0.497 e. The molecule has 5 rings (SSSR count). The number of benzene rings is 2. The van der Waals surface area contributed by atoms with Crippen LogP contribution in [0.1, 0.15) is 44.3 Å². The van der Waals surface area contributed by atoms with Crippen molar-refractivity contribution in [3.05, 3.63) is 85.5 Å². The van der Waals surface area contributed by atoms with Crippen LogP contribution < -0.4 is 15.0 Å². The van der Waals surface area contributed by atoms with Crippen molar-refractivity contribution in [3.63, 3.8) is 0 Å². The van der Waals surface area contributed by atoms with Crippen LogP contribution in [0, 0.1) is 11.8 Å². The lowest BCUT2D eigenvalue weighted by Gasteiger charge is -2.39. The fourth-order valence-electron chi connectivity index (χ4n) is 7.91. The summed E-state index contributed by atoms with van der Waals surface area (Å²) in [6.07, 6.45) is 2.76. The van der Waals surface area contributed by atoms with Gasteiger partial charge >= 0.3 is 5.97 Å². The minimum absolute atomic E-state index is 0.0359. The van der Waals surface area contributed by atoms with Crippen molar-refractivity contribution in [1.29, 1.82) is 0 Å². The number of esters is 1. The summed E-state index contributed by atoms with van der Waals surface area (Å²) in [4.78, 5) is 59.7. The Balaban J connectivity index is 1.54. The number of nitrogens with zero attached hydrogens (tertiary/aromatic N) is 2. The Labute approximate surface area is 313 Å². The van der Waals surface area contributed by atoms with Gasteiger partial charge in [0.05, 0.1) is 50.3 Å². The molecular weight excluding hydrogens is 734 g/mol.